The number of nitrogens with two attached hydrogens (primary N) is 1. The van der Waals surface area contributed by atoms with Crippen molar-refractivity contribution in [2.24, 2.45) is 5.92 Å². The van der Waals surface area contributed by atoms with Gasteiger partial charge in [-0.2, -0.15) is 0 Å². The van der Waals surface area contributed by atoms with Crippen LogP contribution in [0.15, 0.2) is 21.5 Å². The van der Waals surface area contributed by atoms with Gasteiger partial charge < -0.3 is 15.2 Å². The van der Waals surface area contributed by atoms with Crippen LogP contribution in [0.5, 0.6) is 5.75 Å². The standard InChI is InChI=1S/C15H22BrNO3S/c1-6-15(9(2)3,14(18)20-5)21-13-8-12(19-4)10(16)7-11(13)17/h7-9H,6,17H2,1-5H3. The van der Waals surface area contributed by atoms with Gasteiger partial charge in [0.25, 0.3) is 0 Å². The number of hydrogen-bond donors (Lipinski definition) is 1. The van der Waals surface area contributed by atoms with Crippen molar-refractivity contribution in [3.63, 3.8) is 0 Å². The van der Waals surface area contributed by atoms with Gasteiger partial charge in [0.05, 0.1) is 18.7 Å². The number of benzene rings is 1. The summed E-state index contributed by atoms with van der Waals surface area (Å²) in [5.74, 6) is 0.561. The first-order valence-electron chi connectivity index (χ1n) is 6.72. The van der Waals surface area contributed by atoms with Gasteiger partial charge in [-0.05, 0) is 40.4 Å². The van der Waals surface area contributed by atoms with Gasteiger partial charge in [0.2, 0.25) is 0 Å². The first kappa shape index (κ1) is 18.2. The van der Waals surface area contributed by atoms with Crippen LogP contribution in [0.25, 0.3) is 0 Å². The molecule has 1 aromatic rings. The molecule has 0 aliphatic heterocycles. The maximum atomic E-state index is 12.3. The van der Waals surface area contributed by atoms with Gasteiger partial charge in [0, 0.05) is 10.6 Å². The number of carbonyl (C=O) groups is 1. The molecular weight excluding hydrogens is 354 g/mol. The molecule has 0 saturated heterocycles. The van der Waals surface area contributed by atoms with Crippen LogP contribution in [0.2, 0.25) is 0 Å². The summed E-state index contributed by atoms with van der Waals surface area (Å²) >= 11 is 4.85. The lowest BCUT2D eigenvalue weighted by Crippen LogP contribution is -2.41. The Hall–Kier alpha value is -0.880. The highest BCUT2D eigenvalue weighted by Gasteiger charge is 2.42. The maximum absolute atomic E-state index is 12.3. The molecule has 0 heterocycles. The SMILES string of the molecule is CCC(Sc1cc(OC)c(Br)cc1N)(C(=O)OC)C(C)C. The Morgan fingerprint density at radius 1 is 1.43 bits per heavy atom. The Kier molecular flexibility index (Phi) is 6.41. The van der Waals surface area contributed by atoms with Crippen molar-refractivity contribution in [2.75, 3.05) is 20.0 Å². The maximum Gasteiger partial charge on any atom is 0.322 e. The van der Waals surface area contributed by atoms with Crippen molar-refractivity contribution in [3.8, 4) is 5.75 Å². The summed E-state index contributed by atoms with van der Waals surface area (Å²) in [4.78, 5) is 13.1. The van der Waals surface area contributed by atoms with Crippen molar-refractivity contribution in [1.82, 2.24) is 0 Å². The molecule has 0 radical (unpaired) electrons. The largest absolute Gasteiger partial charge is 0.496 e. The van der Waals surface area contributed by atoms with Crippen LogP contribution >= 0.6 is 27.7 Å². The number of hydrogen-bond acceptors (Lipinski definition) is 5. The fraction of sp³-hybridized carbons (Fsp3) is 0.533. The number of rotatable bonds is 6. The Morgan fingerprint density at radius 2 is 2.05 bits per heavy atom. The highest BCUT2D eigenvalue weighted by Crippen LogP contribution is 2.46. The van der Waals surface area contributed by atoms with E-state index in [1.165, 1.54) is 18.9 Å². The predicted molar refractivity (Wildman–Crippen MR) is 90.8 cm³/mol. The zero-order valence-corrected chi connectivity index (χ0v) is 15.4. The Morgan fingerprint density at radius 3 is 2.48 bits per heavy atom. The predicted octanol–water partition coefficient (Wildman–Crippen LogP) is 4.11. The number of esters is 1. The molecule has 6 heteroatoms. The van der Waals surface area contributed by atoms with E-state index in [0.717, 1.165) is 9.37 Å². The van der Waals surface area contributed by atoms with E-state index in [1.54, 1.807) is 13.2 Å². The molecule has 0 bridgehead atoms. The van der Waals surface area contributed by atoms with E-state index in [0.29, 0.717) is 17.9 Å². The molecule has 1 aromatic carbocycles. The third kappa shape index (κ3) is 3.66. The summed E-state index contributed by atoms with van der Waals surface area (Å²) in [7, 11) is 3.02. The normalized spacial score (nSPS) is 13.9. The molecule has 118 valence electrons. The molecular formula is C15H22BrNO3S. The molecule has 1 atom stereocenters. The van der Waals surface area contributed by atoms with Crippen molar-refractivity contribution in [3.05, 3.63) is 16.6 Å². The Balaban J connectivity index is 3.30. The summed E-state index contributed by atoms with van der Waals surface area (Å²) in [5, 5.41) is 0. The lowest BCUT2D eigenvalue weighted by molar-refractivity contribution is -0.144. The van der Waals surface area contributed by atoms with Crippen LogP contribution in [0, 0.1) is 5.92 Å². The number of ether oxygens (including phenoxy) is 2. The first-order chi connectivity index (χ1) is 9.82. The number of nitrogen functional groups attached to an aromatic ring is 1. The van der Waals surface area contributed by atoms with Gasteiger partial charge in [0.15, 0.2) is 0 Å². The number of methoxy groups -OCH3 is 2. The van der Waals surface area contributed by atoms with Crippen LogP contribution in [0.1, 0.15) is 27.2 Å². The number of halogens is 1. The number of thioether (sulfide) groups is 1. The third-order valence-electron chi connectivity index (χ3n) is 3.57. The smallest absolute Gasteiger partial charge is 0.322 e. The second-order valence-corrected chi connectivity index (χ2v) is 7.24. The molecule has 21 heavy (non-hydrogen) atoms. The van der Waals surface area contributed by atoms with E-state index in [-0.39, 0.29) is 11.9 Å². The van der Waals surface area contributed by atoms with Crippen molar-refractivity contribution in [2.45, 2.75) is 36.8 Å². The highest BCUT2D eigenvalue weighted by molar-refractivity contribution is 9.10. The van der Waals surface area contributed by atoms with E-state index in [1.807, 2.05) is 26.8 Å². The third-order valence-corrected chi connectivity index (χ3v) is 6.05. The first-order valence-corrected chi connectivity index (χ1v) is 8.33. The van der Waals surface area contributed by atoms with Crippen LogP contribution in [-0.2, 0) is 9.53 Å². The molecule has 0 spiro atoms. The summed E-state index contributed by atoms with van der Waals surface area (Å²) in [6.07, 6.45) is 0.653. The molecule has 1 rings (SSSR count). The fourth-order valence-electron chi connectivity index (χ4n) is 2.18. The van der Waals surface area contributed by atoms with Crippen molar-refractivity contribution in [1.29, 1.82) is 0 Å². The minimum atomic E-state index is -0.665. The number of anilines is 1. The van der Waals surface area contributed by atoms with Gasteiger partial charge >= 0.3 is 5.97 Å². The summed E-state index contributed by atoms with van der Waals surface area (Å²) in [6.45, 7) is 6.01. The van der Waals surface area contributed by atoms with Crippen LogP contribution in [0.3, 0.4) is 0 Å². The minimum absolute atomic E-state index is 0.106. The highest BCUT2D eigenvalue weighted by atomic mass is 79.9. The molecule has 4 nitrogen and oxygen atoms in total. The van der Waals surface area contributed by atoms with E-state index in [9.17, 15) is 4.79 Å². The zero-order chi connectivity index (χ0) is 16.2. The molecule has 0 saturated carbocycles. The van der Waals surface area contributed by atoms with Crippen LogP contribution in [0.4, 0.5) is 5.69 Å². The average Bonchev–Trinajstić information content (AvgIpc) is 2.45. The topological polar surface area (TPSA) is 61.5 Å². The van der Waals surface area contributed by atoms with Crippen molar-refractivity contribution < 1.29 is 14.3 Å². The minimum Gasteiger partial charge on any atom is -0.496 e. The Bertz CT molecular complexity index is 522. The lowest BCUT2D eigenvalue weighted by atomic mass is 9.92. The van der Waals surface area contributed by atoms with E-state index in [4.69, 9.17) is 15.2 Å². The summed E-state index contributed by atoms with van der Waals surface area (Å²) in [5.41, 5.74) is 6.70. The zero-order valence-electron chi connectivity index (χ0n) is 13.0. The van der Waals surface area contributed by atoms with Crippen LogP contribution in [-0.4, -0.2) is 24.9 Å². The van der Waals surface area contributed by atoms with Gasteiger partial charge in [-0.1, -0.05) is 20.8 Å². The van der Waals surface area contributed by atoms with Gasteiger partial charge in [0.1, 0.15) is 10.5 Å². The van der Waals surface area contributed by atoms with Gasteiger partial charge in [-0.25, -0.2) is 0 Å². The van der Waals surface area contributed by atoms with E-state index in [2.05, 4.69) is 15.9 Å². The van der Waals surface area contributed by atoms with Crippen molar-refractivity contribution >= 4 is 39.3 Å². The molecule has 0 aromatic heterocycles. The molecule has 0 fully saturated rings. The van der Waals surface area contributed by atoms with Crippen LogP contribution < -0.4 is 10.5 Å². The molecule has 0 aliphatic rings. The summed E-state index contributed by atoms with van der Waals surface area (Å²) in [6, 6.07) is 3.64. The molecule has 0 amide bonds. The molecule has 0 aliphatic carbocycles. The second kappa shape index (κ2) is 7.40. The fourth-order valence-corrected chi connectivity index (χ4v) is 3.99. The monoisotopic (exact) mass is 375 g/mol. The molecule has 1 unspecified atom stereocenters. The Labute approximate surface area is 138 Å². The van der Waals surface area contributed by atoms with E-state index < -0.39 is 4.75 Å². The summed E-state index contributed by atoms with van der Waals surface area (Å²) < 4.78 is 10.4. The van der Waals surface area contributed by atoms with E-state index >= 15 is 0 Å². The van der Waals surface area contributed by atoms with Gasteiger partial charge in [-0.3, -0.25) is 4.79 Å². The number of carbonyl (C=O) groups excluding carboxylic acids is 1. The average molecular weight is 376 g/mol. The molecule has 2 N–H and O–H groups in total. The quantitative estimate of drug-likeness (QED) is 0.460. The second-order valence-electron chi connectivity index (χ2n) is 5.02. The lowest BCUT2D eigenvalue weighted by Gasteiger charge is -2.33. The van der Waals surface area contributed by atoms with Gasteiger partial charge in [-0.15, -0.1) is 11.8 Å².